The van der Waals surface area contributed by atoms with Gasteiger partial charge in [-0.05, 0) is 36.8 Å². The molecule has 5 nitrogen and oxygen atoms in total. The van der Waals surface area contributed by atoms with Crippen LogP contribution in [-0.4, -0.2) is 60.9 Å². The molecule has 1 saturated carbocycles. The fourth-order valence-corrected chi connectivity index (χ4v) is 4.33. The fourth-order valence-electron chi connectivity index (χ4n) is 4.33. The van der Waals surface area contributed by atoms with Gasteiger partial charge in [-0.3, -0.25) is 9.69 Å². The predicted molar refractivity (Wildman–Crippen MR) is 87.4 cm³/mol. The van der Waals surface area contributed by atoms with Crippen LogP contribution in [0.2, 0.25) is 0 Å². The van der Waals surface area contributed by atoms with Gasteiger partial charge < -0.3 is 14.7 Å². The highest BCUT2D eigenvalue weighted by atomic mass is 16.5. The Kier molecular flexibility index (Phi) is 4.09. The molecule has 0 radical (unpaired) electrons. The molecule has 3 aliphatic rings. The second-order valence-electron chi connectivity index (χ2n) is 6.89. The van der Waals surface area contributed by atoms with Crippen molar-refractivity contribution in [3.05, 3.63) is 29.8 Å². The van der Waals surface area contributed by atoms with E-state index in [0.29, 0.717) is 19.1 Å². The SMILES string of the molecule is O=C(CN1CCO[C@H]2C[C@H](CO)C[C@@H]21)N1CCc2ccccc21. The number of ether oxygens (including phenoxy) is 1. The van der Waals surface area contributed by atoms with Crippen molar-refractivity contribution in [1.29, 1.82) is 0 Å². The van der Waals surface area contributed by atoms with E-state index >= 15 is 0 Å². The van der Waals surface area contributed by atoms with Crippen molar-refractivity contribution in [2.24, 2.45) is 5.92 Å². The minimum Gasteiger partial charge on any atom is -0.396 e. The first-order chi connectivity index (χ1) is 11.3. The summed E-state index contributed by atoms with van der Waals surface area (Å²) in [4.78, 5) is 17.0. The van der Waals surface area contributed by atoms with E-state index in [4.69, 9.17) is 4.74 Å². The molecule has 4 rings (SSSR count). The largest absolute Gasteiger partial charge is 0.396 e. The summed E-state index contributed by atoms with van der Waals surface area (Å²) in [5, 5.41) is 9.41. The second kappa shape index (κ2) is 6.23. The van der Waals surface area contributed by atoms with Gasteiger partial charge in [0.25, 0.3) is 0 Å². The molecule has 0 bridgehead atoms. The molecular weight excluding hydrogens is 292 g/mol. The lowest BCUT2D eigenvalue weighted by Crippen LogP contribution is -2.52. The van der Waals surface area contributed by atoms with Gasteiger partial charge in [-0.2, -0.15) is 0 Å². The average molecular weight is 316 g/mol. The van der Waals surface area contributed by atoms with Crippen LogP contribution in [0.5, 0.6) is 0 Å². The van der Waals surface area contributed by atoms with E-state index in [9.17, 15) is 9.90 Å². The van der Waals surface area contributed by atoms with E-state index < -0.39 is 0 Å². The first-order valence-electron chi connectivity index (χ1n) is 8.61. The molecule has 1 amide bonds. The van der Waals surface area contributed by atoms with Crippen LogP contribution < -0.4 is 4.90 Å². The summed E-state index contributed by atoms with van der Waals surface area (Å²) in [6.07, 6.45) is 2.98. The smallest absolute Gasteiger partial charge is 0.241 e. The van der Waals surface area contributed by atoms with Crippen molar-refractivity contribution in [1.82, 2.24) is 4.90 Å². The molecule has 0 aromatic heterocycles. The minimum absolute atomic E-state index is 0.180. The number of nitrogens with zero attached hydrogens (tertiary/aromatic N) is 2. The zero-order valence-corrected chi connectivity index (χ0v) is 13.4. The van der Waals surface area contributed by atoms with Crippen LogP contribution in [0.4, 0.5) is 5.69 Å². The number of aliphatic hydroxyl groups is 1. The van der Waals surface area contributed by atoms with Gasteiger partial charge in [0.2, 0.25) is 5.91 Å². The Morgan fingerprint density at radius 1 is 1.26 bits per heavy atom. The second-order valence-corrected chi connectivity index (χ2v) is 6.89. The number of hydrogen-bond donors (Lipinski definition) is 1. The van der Waals surface area contributed by atoms with Gasteiger partial charge in [0.1, 0.15) is 0 Å². The Labute approximate surface area is 136 Å². The maximum absolute atomic E-state index is 12.8. The number of hydrogen-bond acceptors (Lipinski definition) is 4. The van der Waals surface area contributed by atoms with Crippen molar-refractivity contribution in [3.8, 4) is 0 Å². The van der Waals surface area contributed by atoms with E-state index in [2.05, 4.69) is 11.0 Å². The van der Waals surface area contributed by atoms with Crippen LogP contribution in [0, 0.1) is 5.92 Å². The van der Waals surface area contributed by atoms with Gasteiger partial charge in [-0.15, -0.1) is 0 Å². The topological polar surface area (TPSA) is 53.0 Å². The molecule has 1 aliphatic carbocycles. The fraction of sp³-hybridized carbons (Fsp3) is 0.611. The molecule has 5 heteroatoms. The number of anilines is 1. The average Bonchev–Trinajstić information content (AvgIpc) is 3.19. The van der Waals surface area contributed by atoms with E-state index in [1.807, 2.05) is 23.1 Å². The molecule has 1 N–H and O–H groups in total. The number of carbonyl (C=O) groups is 1. The van der Waals surface area contributed by atoms with Crippen molar-refractivity contribution in [2.45, 2.75) is 31.4 Å². The van der Waals surface area contributed by atoms with Crippen molar-refractivity contribution in [2.75, 3.05) is 37.7 Å². The Balaban J connectivity index is 1.45. The Bertz CT molecular complexity index is 591. The first-order valence-corrected chi connectivity index (χ1v) is 8.61. The van der Waals surface area contributed by atoms with Gasteiger partial charge in [-0.1, -0.05) is 18.2 Å². The number of amides is 1. The van der Waals surface area contributed by atoms with Crippen molar-refractivity contribution >= 4 is 11.6 Å². The highest BCUT2D eigenvalue weighted by molar-refractivity contribution is 5.96. The van der Waals surface area contributed by atoms with Gasteiger partial charge in [0.05, 0.1) is 19.3 Å². The van der Waals surface area contributed by atoms with E-state index in [1.54, 1.807) is 0 Å². The summed E-state index contributed by atoms with van der Waals surface area (Å²) in [7, 11) is 0. The Hall–Kier alpha value is -1.43. The number of para-hydroxylation sites is 1. The lowest BCUT2D eigenvalue weighted by atomic mass is 10.1. The van der Waals surface area contributed by atoms with Crippen LogP contribution in [0.25, 0.3) is 0 Å². The molecule has 124 valence electrons. The molecule has 1 aromatic carbocycles. The number of benzene rings is 1. The summed E-state index contributed by atoms with van der Waals surface area (Å²) >= 11 is 0. The minimum atomic E-state index is 0.180. The zero-order chi connectivity index (χ0) is 15.8. The Morgan fingerprint density at radius 3 is 3.00 bits per heavy atom. The summed E-state index contributed by atoms with van der Waals surface area (Å²) in [6.45, 7) is 2.95. The number of morpholine rings is 1. The lowest BCUT2D eigenvalue weighted by molar-refractivity contribution is -0.123. The maximum atomic E-state index is 12.8. The van der Waals surface area contributed by atoms with Crippen LogP contribution in [0.3, 0.4) is 0 Å². The molecule has 0 unspecified atom stereocenters. The van der Waals surface area contributed by atoms with E-state index in [0.717, 1.165) is 38.0 Å². The van der Waals surface area contributed by atoms with Crippen molar-refractivity contribution in [3.63, 3.8) is 0 Å². The normalized spacial score (nSPS) is 30.3. The summed E-state index contributed by atoms with van der Waals surface area (Å²) < 4.78 is 5.85. The third-order valence-electron chi connectivity index (χ3n) is 5.53. The molecule has 0 spiro atoms. The third kappa shape index (κ3) is 2.77. The predicted octanol–water partition coefficient (Wildman–Crippen LogP) is 1.05. The first kappa shape index (κ1) is 15.1. The lowest BCUT2D eigenvalue weighted by Gasteiger charge is -2.37. The molecule has 23 heavy (non-hydrogen) atoms. The zero-order valence-electron chi connectivity index (χ0n) is 13.4. The van der Waals surface area contributed by atoms with Crippen LogP contribution in [0.1, 0.15) is 18.4 Å². The van der Waals surface area contributed by atoms with Gasteiger partial charge >= 0.3 is 0 Å². The number of aliphatic hydroxyl groups excluding tert-OH is 1. The van der Waals surface area contributed by atoms with Gasteiger partial charge in [0.15, 0.2) is 0 Å². The molecule has 1 aromatic rings. The highest BCUT2D eigenvalue weighted by Gasteiger charge is 2.41. The quantitative estimate of drug-likeness (QED) is 0.905. The molecule has 3 atom stereocenters. The molecule has 2 fully saturated rings. The van der Waals surface area contributed by atoms with E-state index in [-0.39, 0.29) is 24.7 Å². The van der Waals surface area contributed by atoms with Gasteiger partial charge in [0, 0.05) is 31.4 Å². The molecule has 2 aliphatic heterocycles. The number of carbonyl (C=O) groups excluding carboxylic acids is 1. The third-order valence-corrected chi connectivity index (χ3v) is 5.53. The summed E-state index contributed by atoms with van der Waals surface area (Å²) in [5.74, 6) is 0.497. The van der Waals surface area contributed by atoms with Crippen LogP contribution >= 0.6 is 0 Å². The molecular formula is C18H24N2O3. The maximum Gasteiger partial charge on any atom is 0.241 e. The Morgan fingerprint density at radius 2 is 2.13 bits per heavy atom. The van der Waals surface area contributed by atoms with Gasteiger partial charge in [-0.25, -0.2) is 0 Å². The standard InChI is InChI=1S/C18H24N2O3/c21-12-13-9-16-17(10-13)23-8-7-19(16)11-18(22)20-6-5-14-3-1-2-4-15(14)20/h1-4,13,16-17,21H,5-12H2/t13-,16+,17+/m1/s1. The molecule has 1 saturated heterocycles. The molecule has 2 heterocycles. The van der Waals surface area contributed by atoms with Crippen molar-refractivity contribution < 1.29 is 14.6 Å². The van der Waals surface area contributed by atoms with Crippen LogP contribution in [-0.2, 0) is 16.0 Å². The highest BCUT2D eigenvalue weighted by Crippen LogP contribution is 2.34. The monoisotopic (exact) mass is 316 g/mol. The number of rotatable bonds is 3. The van der Waals surface area contributed by atoms with E-state index in [1.165, 1.54) is 5.56 Å². The summed E-state index contributed by atoms with van der Waals surface area (Å²) in [5.41, 5.74) is 2.34. The summed E-state index contributed by atoms with van der Waals surface area (Å²) in [6, 6.07) is 8.46. The number of fused-ring (bicyclic) bond motifs is 2. The van der Waals surface area contributed by atoms with Crippen LogP contribution in [0.15, 0.2) is 24.3 Å².